The Bertz CT molecular complexity index is 561. The Morgan fingerprint density at radius 3 is 2.69 bits per heavy atom. The lowest BCUT2D eigenvalue weighted by molar-refractivity contribution is 0.395. The molecule has 0 aromatic carbocycles. The summed E-state index contributed by atoms with van der Waals surface area (Å²) in [5.74, 6) is 0.691. The first-order chi connectivity index (χ1) is 7.41. The Morgan fingerprint density at radius 2 is 2.19 bits per heavy atom. The van der Waals surface area contributed by atoms with Gasteiger partial charge in [-0.1, -0.05) is 0 Å². The molecule has 1 N–H and O–H groups in total. The van der Waals surface area contributed by atoms with Gasteiger partial charge in [-0.15, -0.1) is 0 Å². The van der Waals surface area contributed by atoms with Gasteiger partial charge in [0.25, 0.3) is 0 Å². The molecule has 4 nitrogen and oxygen atoms in total. The Kier molecular flexibility index (Phi) is 2.67. The van der Waals surface area contributed by atoms with Crippen LogP contribution >= 0.6 is 23.8 Å². The molecule has 0 saturated carbocycles. The van der Waals surface area contributed by atoms with Gasteiger partial charge < -0.3 is 4.42 Å². The van der Waals surface area contributed by atoms with E-state index in [2.05, 4.69) is 31.0 Å². The number of H-pyrrole nitrogens is 1. The second-order valence-electron chi connectivity index (χ2n) is 4.47. The second-order valence-corrected chi connectivity index (χ2v) is 5.20. The monoisotopic (exact) mass is 257 g/mol. The van der Waals surface area contributed by atoms with Crippen molar-refractivity contribution in [2.24, 2.45) is 0 Å². The van der Waals surface area contributed by atoms with Gasteiger partial charge in [-0.25, -0.2) is 0 Å². The molecule has 2 aromatic rings. The highest BCUT2D eigenvalue weighted by molar-refractivity contribution is 7.71. The average molecular weight is 258 g/mol. The van der Waals surface area contributed by atoms with E-state index in [4.69, 9.17) is 28.2 Å². The quantitative estimate of drug-likeness (QED) is 0.794. The Balaban J connectivity index is 2.69. The summed E-state index contributed by atoms with van der Waals surface area (Å²) < 4.78 is 7.54. The van der Waals surface area contributed by atoms with Gasteiger partial charge >= 0.3 is 0 Å². The molecule has 2 heterocycles. The highest BCUT2D eigenvalue weighted by Crippen LogP contribution is 2.30. The van der Waals surface area contributed by atoms with Crippen molar-refractivity contribution in [1.82, 2.24) is 14.8 Å². The summed E-state index contributed by atoms with van der Waals surface area (Å²) in [5, 5.41) is 7.28. The van der Waals surface area contributed by atoms with Crippen molar-refractivity contribution in [3.05, 3.63) is 22.3 Å². The van der Waals surface area contributed by atoms with E-state index < -0.39 is 0 Å². The van der Waals surface area contributed by atoms with Crippen LogP contribution in [0.4, 0.5) is 0 Å². The number of hydrogen-bond donors (Lipinski definition) is 1. The zero-order valence-corrected chi connectivity index (χ0v) is 10.8. The van der Waals surface area contributed by atoms with Crippen LogP contribution in [0.1, 0.15) is 20.8 Å². The number of aromatic amines is 1. The molecule has 86 valence electrons. The fraction of sp³-hybridized carbons (Fsp3) is 0.400. The van der Waals surface area contributed by atoms with Crippen LogP contribution in [-0.2, 0) is 5.54 Å². The Morgan fingerprint density at radius 1 is 1.50 bits per heavy atom. The molecule has 0 spiro atoms. The van der Waals surface area contributed by atoms with Crippen LogP contribution in [0.3, 0.4) is 0 Å². The first-order valence-corrected chi connectivity index (χ1v) is 5.61. The second kappa shape index (κ2) is 3.75. The van der Waals surface area contributed by atoms with Crippen molar-refractivity contribution < 1.29 is 4.42 Å². The third kappa shape index (κ3) is 1.81. The summed E-state index contributed by atoms with van der Waals surface area (Å²) in [6, 6.07) is 1.77. The third-order valence-corrected chi connectivity index (χ3v) is 2.77. The van der Waals surface area contributed by atoms with Gasteiger partial charge in [0, 0.05) is 5.54 Å². The minimum absolute atomic E-state index is 0.167. The van der Waals surface area contributed by atoms with Crippen LogP contribution in [0.5, 0.6) is 0 Å². The van der Waals surface area contributed by atoms with Crippen molar-refractivity contribution in [3.8, 4) is 11.4 Å². The molecule has 0 atom stereocenters. The van der Waals surface area contributed by atoms with Gasteiger partial charge in [0.15, 0.2) is 10.6 Å². The predicted molar refractivity (Wildman–Crippen MR) is 65.1 cm³/mol. The first-order valence-electron chi connectivity index (χ1n) is 4.82. The van der Waals surface area contributed by atoms with Gasteiger partial charge in [0.05, 0.1) is 11.8 Å². The predicted octanol–water partition coefficient (Wildman–Crippen LogP) is 3.61. The van der Waals surface area contributed by atoms with E-state index in [0.717, 1.165) is 5.56 Å². The maximum Gasteiger partial charge on any atom is 0.204 e. The molecule has 2 aromatic heterocycles. The zero-order chi connectivity index (χ0) is 11.9. The van der Waals surface area contributed by atoms with E-state index in [1.165, 1.54) is 6.26 Å². The first kappa shape index (κ1) is 11.4. The third-order valence-electron chi connectivity index (χ3n) is 2.20. The molecular weight excluding hydrogens is 246 g/mol. The molecule has 0 aliphatic carbocycles. The van der Waals surface area contributed by atoms with Crippen molar-refractivity contribution in [2.45, 2.75) is 26.3 Å². The molecule has 0 fully saturated rings. The fourth-order valence-electron chi connectivity index (χ4n) is 1.55. The molecule has 0 bridgehead atoms. The highest BCUT2D eigenvalue weighted by atomic mass is 35.5. The van der Waals surface area contributed by atoms with Crippen LogP contribution in [0.25, 0.3) is 11.4 Å². The standard InChI is InChI=1S/C10H12ClN3OS/c1-10(2,3)14-8(12-13-9(14)16)6-4-5-15-7(6)11/h4-5H,1-3H3,(H,13,16). The fourth-order valence-corrected chi connectivity index (χ4v) is 2.16. The lowest BCUT2D eigenvalue weighted by Gasteiger charge is -2.22. The lowest BCUT2D eigenvalue weighted by Crippen LogP contribution is -2.22. The van der Waals surface area contributed by atoms with Crippen LogP contribution in [0.15, 0.2) is 16.7 Å². The molecule has 0 saturated heterocycles. The summed E-state index contributed by atoms with van der Waals surface area (Å²) in [6.07, 6.45) is 1.53. The maximum atomic E-state index is 5.94. The van der Waals surface area contributed by atoms with Crippen molar-refractivity contribution in [3.63, 3.8) is 0 Å². The maximum absolute atomic E-state index is 5.94. The molecule has 0 radical (unpaired) electrons. The van der Waals surface area contributed by atoms with Gasteiger partial charge in [-0.05, 0) is 50.7 Å². The van der Waals surface area contributed by atoms with E-state index in [1.807, 2.05) is 4.57 Å². The van der Waals surface area contributed by atoms with Gasteiger partial charge in [0.1, 0.15) is 0 Å². The highest BCUT2D eigenvalue weighted by Gasteiger charge is 2.22. The SMILES string of the molecule is CC(C)(C)n1c(-c2ccoc2Cl)n[nH]c1=S. The lowest BCUT2D eigenvalue weighted by atomic mass is 10.1. The molecule has 0 amide bonds. The van der Waals surface area contributed by atoms with E-state index in [-0.39, 0.29) is 5.54 Å². The van der Waals surface area contributed by atoms with Crippen molar-refractivity contribution >= 4 is 23.8 Å². The molecule has 0 aliphatic rings. The van der Waals surface area contributed by atoms with Gasteiger partial charge in [-0.3, -0.25) is 9.67 Å². The van der Waals surface area contributed by atoms with Crippen molar-refractivity contribution in [1.29, 1.82) is 0 Å². The number of furan rings is 1. The molecule has 0 unspecified atom stereocenters. The number of nitrogens with zero attached hydrogens (tertiary/aromatic N) is 2. The Labute approximate surface area is 103 Å². The molecule has 0 aliphatic heterocycles. The van der Waals surface area contributed by atoms with E-state index in [0.29, 0.717) is 15.8 Å². The van der Waals surface area contributed by atoms with Crippen molar-refractivity contribution in [2.75, 3.05) is 0 Å². The topological polar surface area (TPSA) is 46.8 Å². The summed E-state index contributed by atoms with van der Waals surface area (Å²) >= 11 is 11.1. The normalized spacial score (nSPS) is 12.0. The number of hydrogen-bond acceptors (Lipinski definition) is 3. The Hall–Kier alpha value is -1.07. The minimum atomic E-state index is -0.167. The average Bonchev–Trinajstić information content (AvgIpc) is 2.69. The van der Waals surface area contributed by atoms with E-state index in [1.54, 1.807) is 6.07 Å². The number of nitrogens with one attached hydrogen (secondary N) is 1. The van der Waals surface area contributed by atoms with Crippen LogP contribution in [0, 0.1) is 4.77 Å². The van der Waals surface area contributed by atoms with E-state index >= 15 is 0 Å². The molecule has 16 heavy (non-hydrogen) atoms. The number of halogens is 1. The summed E-state index contributed by atoms with van der Waals surface area (Å²) in [5.41, 5.74) is 0.573. The molecular formula is C10H12ClN3OS. The van der Waals surface area contributed by atoms with Gasteiger partial charge in [-0.2, -0.15) is 5.10 Å². The van der Waals surface area contributed by atoms with Gasteiger partial charge in [0.2, 0.25) is 5.22 Å². The molecule has 2 rings (SSSR count). The molecule has 6 heteroatoms. The number of aromatic nitrogens is 3. The van der Waals surface area contributed by atoms with Crippen LogP contribution in [-0.4, -0.2) is 14.8 Å². The summed E-state index contributed by atoms with van der Waals surface area (Å²) in [4.78, 5) is 0. The summed E-state index contributed by atoms with van der Waals surface area (Å²) in [7, 11) is 0. The largest absolute Gasteiger partial charge is 0.452 e. The number of rotatable bonds is 1. The van der Waals surface area contributed by atoms with E-state index in [9.17, 15) is 0 Å². The minimum Gasteiger partial charge on any atom is -0.452 e. The summed E-state index contributed by atoms with van der Waals surface area (Å²) in [6.45, 7) is 6.15. The van der Waals surface area contributed by atoms with Crippen LogP contribution in [0.2, 0.25) is 5.22 Å². The zero-order valence-electron chi connectivity index (χ0n) is 9.24. The van der Waals surface area contributed by atoms with Crippen LogP contribution < -0.4 is 0 Å². The smallest absolute Gasteiger partial charge is 0.204 e.